The monoisotopic (exact) mass is 205 g/mol. The van der Waals surface area contributed by atoms with Crippen LogP contribution in [0, 0.1) is 6.92 Å². The SMILES string of the molecule is C/C=C/c1c(C)nc(N)nc1C(C)(C)C. The highest BCUT2D eigenvalue weighted by Gasteiger charge is 2.21. The fraction of sp³-hybridized carbons (Fsp3) is 0.500. The molecule has 15 heavy (non-hydrogen) atoms. The molecule has 1 aromatic heterocycles. The van der Waals surface area contributed by atoms with Crippen LogP contribution in [-0.4, -0.2) is 9.97 Å². The molecular weight excluding hydrogens is 186 g/mol. The van der Waals surface area contributed by atoms with Gasteiger partial charge in [-0.1, -0.05) is 32.9 Å². The van der Waals surface area contributed by atoms with Gasteiger partial charge in [0.05, 0.1) is 11.4 Å². The van der Waals surface area contributed by atoms with Crippen LogP contribution >= 0.6 is 0 Å². The number of nitrogens with zero attached hydrogens (tertiary/aromatic N) is 2. The molecule has 82 valence electrons. The quantitative estimate of drug-likeness (QED) is 0.767. The van der Waals surface area contributed by atoms with E-state index in [-0.39, 0.29) is 5.41 Å². The Morgan fingerprint density at radius 1 is 1.20 bits per heavy atom. The molecule has 0 aliphatic rings. The van der Waals surface area contributed by atoms with E-state index in [1.807, 2.05) is 26.0 Å². The fourth-order valence-electron chi connectivity index (χ4n) is 1.54. The predicted octanol–water partition coefficient (Wildman–Crippen LogP) is 2.70. The Labute approximate surface area is 91.4 Å². The second kappa shape index (κ2) is 4.01. The zero-order valence-corrected chi connectivity index (χ0v) is 10.1. The van der Waals surface area contributed by atoms with Crippen molar-refractivity contribution in [1.82, 2.24) is 9.97 Å². The Bertz CT molecular complexity index is 387. The van der Waals surface area contributed by atoms with Crippen molar-refractivity contribution >= 4 is 12.0 Å². The van der Waals surface area contributed by atoms with Gasteiger partial charge in [-0.25, -0.2) is 9.97 Å². The van der Waals surface area contributed by atoms with Crippen molar-refractivity contribution in [3.05, 3.63) is 23.0 Å². The molecule has 0 atom stereocenters. The van der Waals surface area contributed by atoms with Crippen LogP contribution in [0.1, 0.15) is 44.6 Å². The highest BCUT2D eigenvalue weighted by atomic mass is 15.0. The van der Waals surface area contributed by atoms with E-state index in [0.717, 1.165) is 17.0 Å². The number of allylic oxidation sites excluding steroid dienone is 1. The molecule has 0 saturated heterocycles. The molecule has 1 aromatic rings. The lowest BCUT2D eigenvalue weighted by molar-refractivity contribution is 0.565. The summed E-state index contributed by atoms with van der Waals surface area (Å²) < 4.78 is 0. The Morgan fingerprint density at radius 3 is 2.27 bits per heavy atom. The van der Waals surface area contributed by atoms with E-state index >= 15 is 0 Å². The van der Waals surface area contributed by atoms with Crippen molar-refractivity contribution in [2.24, 2.45) is 0 Å². The number of nitrogens with two attached hydrogens (primary N) is 1. The number of rotatable bonds is 1. The number of aromatic nitrogens is 2. The summed E-state index contributed by atoms with van der Waals surface area (Å²) >= 11 is 0. The van der Waals surface area contributed by atoms with Crippen LogP contribution in [0.2, 0.25) is 0 Å². The molecule has 0 aliphatic heterocycles. The third-order valence-electron chi connectivity index (χ3n) is 2.20. The van der Waals surface area contributed by atoms with Crippen molar-refractivity contribution < 1.29 is 0 Å². The Kier molecular flexibility index (Phi) is 3.12. The largest absolute Gasteiger partial charge is 0.368 e. The molecule has 1 heterocycles. The van der Waals surface area contributed by atoms with Crippen LogP contribution < -0.4 is 5.73 Å². The maximum absolute atomic E-state index is 5.67. The van der Waals surface area contributed by atoms with E-state index < -0.39 is 0 Å². The minimum atomic E-state index is -0.0172. The van der Waals surface area contributed by atoms with Crippen molar-refractivity contribution in [3.8, 4) is 0 Å². The van der Waals surface area contributed by atoms with Crippen molar-refractivity contribution in [2.45, 2.75) is 40.0 Å². The van der Waals surface area contributed by atoms with Crippen LogP contribution in [0.5, 0.6) is 0 Å². The summed E-state index contributed by atoms with van der Waals surface area (Å²) in [7, 11) is 0. The number of hydrogen-bond acceptors (Lipinski definition) is 3. The minimum absolute atomic E-state index is 0.0172. The third-order valence-corrected chi connectivity index (χ3v) is 2.20. The molecule has 0 radical (unpaired) electrons. The number of nitrogen functional groups attached to an aromatic ring is 1. The lowest BCUT2D eigenvalue weighted by atomic mass is 9.88. The molecule has 3 nitrogen and oxygen atoms in total. The van der Waals surface area contributed by atoms with Gasteiger partial charge in [0.2, 0.25) is 5.95 Å². The smallest absolute Gasteiger partial charge is 0.220 e. The van der Waals surface area contributed by atoms with Gasteiger partial charge in [-0.15, -0.1) is 0 Å². The van der Waals surface area contributed by atoms with Crippen LogP contribution in [0.4, 0.5) is 5.95 Å². The fourth-order valence-corrected chi connectivity index (χ4v) is 1.54. The van der Waals surface area contributed by atoms with Crippen molar-refractivity contribution in [3.63, 3.8) is 0 Å². The zero-order valence-electron chi connectivity index (χ0n) is 10.1. The van der Waals surface area contributed by atoms with Gasteiger partial charge in [0, 0.05) is 11.0 Å². The Balaban J connectivity index is 3.47. The van der Waals surface area contributed by atoms with Crippen LogP contribution in [0.15, 0.2) is 6.08 Å². The summed E-state index contributed by atoms with van der Waals surface area (Å²) in [5.41, 5.74) is 8.68. The number of anilines is 1. The van der Waals surface area contributed by atoms with Gasteiger partial charge >= 0.3 is 0 Å². The molecule has 0 amide bonds. The highest BCUT2D eigenvalue weighted by molar-refractivity contribution is 5.56. The van der Waals surface area contributed by atoms with Gasteiger partial charge in [0.25, 0.3) is 0 Å². The topological polar surface area (TPSA) is 51.8 Å². The van der Waals surface area contributed by atoms with Crippen LogP contribution in [0.3, 0.4) is 0 Å². The van der Waals surface area contributed by atoms with E-state index in [9.17, 15) is 0 Å². The van der Waals surface area contributed by atoms with Gasteiger partial charge < -0.3 is 5.73 Å². The summed E-state index contributed by atoms with van der Waals surface area (Å²) in [6.07, 6.45) is 4.03. The van der Waals surface area contributed by atoms with E-state index in [2.05, 4.69) is 30.7 Å². The summed E-state index contributed by atoms with van der Waals surface area (Å²) in [5.74, 6) is 0.352. The molecule has 1 rings (SSSR count). The van der Waals surface area contributed by atoms with E-state index in [1.54, 1.807) is 0 Å². The van der Waals surface area contributed by atoms with Gasteiger partial charge in [-0.3, -0.25) is 0 Å². The van der Waals surface area contributed by atoms with Crippen molar-refractivity contribution in [1.29, 1.82) is 0 Å². The summed E-state index contributed by atoms with van der Waals surface area (Å²) in [5, 5.41) is 0. The minimum Gasteiger partial charge on any atom is -0.368 e. The van der Waals surface area contributed by atoms with Crippen molar-refractivity contribution in [2.75, 3.05) is 5.73 Å². The molecule has 0 spiro atoms. The molecule has 0 bridgehead atoms. The molecular formula is C12H19N3. The lowest BCUT2D eigenvalue weighted by Gasteiger charge is -2.21. The molecule has 0 unspecified atom stereocenters. The second-order valence-electron chi connectivity index (χ2n) is 4.68. The van der Waals surface area contributed by atoms with Gasteiger partial charge in [0.1, 0.15) is 0 Å². The van der Waals surface area contributed by atoms with Crippen LogP contribution in [0.25, 0.3) is 6.08 Å². The first-order chi connectivity index (χ1) is 6.86. The lowest BCUT2D eigenvalue weighted by Crippen LogP contribution is -2.18. The van der Waals surface area contributed by atoms with E-state index in [1.165, 1.54) is 0 Å². The Hall–Kier alpha value is -1.38. The molecule has 2 N–H and O–H groups in total. The molecule has 0 aliphatic carbocycles. The highest BCUT2D eigenvalue weighted by Crippen LogP contribution is 2.26. The molecule has 0 saturated carbocycles. The number of aryl methyl sites for hydroxylation is 1. The summed E-state index contributed by atoms with van der Waals surface area (Å²) in [4.78, 5) is 8.52. The molecule has 3 heteroatoms. The summed E-state index contributed by atoms with van der Waals surface area (Å²) in [6.45, 7) is 10.3. The number of hydrogen-bond donors (Lipinski definition) is 1. The molecule has 0 aromatic carbocycles. The normalized spacial score (nSPS) is 12.3. The predicted molar refractivity (Wildman–Crippen MR) is 64.6 cm³/mol. The second-order valence-corrected chi connectivity index (χ2v) is 4.68. The average molecular weight is 205 g/mol. The first-order valence-corrected chi connectivity index (χ1v) is 5.13. The van der Waals surface area contributed by atoms with Gasteiger partial charge in [0.15, 0.2) is 0 Å². The maximum atomic E-state index is 5.67. The third kappa shape index (κ3) is 2.55. The van der Waals surface area contributed by atoms with Gasteiger partial charge in [-0.2, -0.15) is 0 Å². The average Bonchev–Trinajstić information content (AvgIpc) is 2.07. The standard InChI is InChI=1S/C12H19N3/c1-6-7-9-8(2)14-11(13)15-10(9)12(3,4)5/h6-7H,1-5H3,(H2,13,14,15)/b7-6+. The van der Waals surface area contributed by atoms with E-state index in [4.69, 9.17) is 5.73 Å². The summed E-state index contributed by atoms with van der Waals surface area (Å²) in [6, 6.07) is 0. The van der Waals surface area contributed by atoms with Gasteiger partial charge in [-0.05, 0) is 13.8 Å². The molecule has 0 fully saturated rings. The first-order valence-electron chi connectivity index (χ1n) is 5.13. The maximum Gasteiger partial charge on any atom is 0.220 e. The Morgan fingerprint density at radius 2 is 1.80 bits per heavy atom. The van der Waals surface area contributed by atoms with E-state index in [0.29, 0.717) is 5.95 Å². The first kappa shape index (κ1) is 11.7. The van der Waals surface area contributed by atoms with Crippen LogP contribution in [-0.2, 0) is 5.41 Å². The zero-order chi connectivity index (χ0) is 11.6.